The first-order valence-electron chi connectivity index (χ1n) is 5.88. The van der Waals surface area contributed by atoms with E-state index < -0.39 is 0 Å². The van der Waals surface area contributed by atoms with Crippen molar-refractivity contribution in [2.45, 2.75) is 45.3 Å². The van der Waals surface area contributed by atoms with E-state index in [0.29, 0.717) is 0 Å². The fourth-order valence-corrected chi connectivity index (χ4v) is 2.40. The van der Waals surface area contributed by atoms with Crippen LogP contribution >= 0.6 is 0 Å². The first kappa shape index (κ1) is 9.33. The van der Waals surface area contributed by atoms with Crippen LogP contribution < -0.4 is 0 Å². The molecule has 0 aromatic carbocycles. The van der Waals surface area contributed by atoms with Crippen LogP contribution in [0.3, 0.4) is 0 Å². The summed E-state index contributed by atoms with van der Waals surface area (Å²) in [6.45, 7) is 4.17. The van der Waals surface area contributed by atoms with Crippen LogP contribution in [-0.2, 0) is 17.7 Å². The van der Waals surface area contributed by atoms with Crippen molar-refractivity contribution >= 4 is 0 Å². The number of hydrogen-bond acceptors (Lipinski definition) is 3. The molecule has 3 heterocycles. The number of hydrogen-bond donors (Lipinski definition) is 0. The molecular weight excluding hydrogens is 190 g/mol. The van der Waals surface area contributed by atoms with Crippen LogP contribution in [0.1, 0.15) is 43.9 Å². The lowest BCUT2D eigenvalue weighted by Crippen LogP contribution is -2.18. The van der Waals surface area contributed by atoms with E-state index in [1.807, 2.05) is 0 Å². The van der Waals surface area contributed by atoms with E-state index in [9.17, 15) is 0 Å². The second-order valence-corrected chi connectivity index (χ2v) is 4.71. The molecule has 4 heteroatoms. The van der Waals surface area contributed by atoms with E-state index in [2.05, 4.69) is 21.7 Å². The average Bonchev–Trinajstić information content (AvgIpc) is 2.84. The van der Waals surface area contributed by atoms with Crippen molar-refractivity contribution in [2.24, 2.45) is 5.92 Å². The SMILES string of the molecule is CC1CCn2nc(C3CCCO3)nc2C1. The summed E-state index contributed by atoms with van der Waals surface area (Å²) in [5.74, 6) is 2.81. The number of aryl methyl sites for hydroxylation is 1. The van der Waals surface area contributed by atoms with E-state index in [1.165, 1.54) is 6.42 Å². The predicted molar refractivity (Wildman–Crippen MR) is 55.4 cm³/mol. The number of rotatable bonds is 1. The Bertz CT molecular complexity index is 355. The average molecular weight is 207 g/mol. The minimum atomic E-state index is 0.165. The lowest BCUT2D eigenvalue weighted by molar-refractivity contribution is 0.105. The van der Waals surface area contributed by atoms with Crippen LogP contribution in [-0.4, -0.2) is 21.4 Å². The van der Waals surface area contributed by atoms with Crippen LogP contribution in [0, 0.1) is 5.92 Å². The normalized spacial score (nSPS) is 30.5. The van der Waals surface area contributed by atoms with Crippen LogP contribution in [0.25, 0.3) is 0 Å². The van der Waals surface area contributed by atoms with Crippen molar-refractivity contribution in [1.29, 1.82) is 0 Å². The lowest BCUT2D eigenvalue weighted by atomic mass is 10.0. The molecule has 2 aliphatic heterocycles. The smallest absolute Gasteiger partial charge is 0.179 e. The summed E-state index contributed by atoms with van der Waals surface area (Å²) >= 11 is 0. The third kappa shape index (κ3) is 1.67. The molecule has 0 bridgehead atoms. The minimum absolute atomic E-state index is 0.165. The van der Waals surface area contributed by atoms with Gasteiger partial charge in [0.1, 0.15) is 11.9 Å². The van der Waals surface area contributed by atoms with Crippen LogP contribution in [0.4, 0.5) is 0 Å². The second-order valence-electron chi connectivity index (χ2n) is 4.71. The van der Waals surface area contributed by atoms with Crippen molar-refractivity contribution in [3.63, 3.8) is 0 Å². The molecule has 1 fully saturated rings. The van der Waals surface area contributed by atoms with Gasteiger partial charge in [0, 0.05) is 19.6 Å². The monoisotopic (exact) mass is 207 g/mol. The molecule has 0 amide bonds. The Morgan fingerprint density at radius 2 is 2.33 bits per heavy atom. The molecule has 0 saturated carbocycles. The topological polar surface area (TPSA) is 39.9 Å². The largest absolute Gasteiger partial charge is 0.370 e. The zero-order valence-electron chi connectivity index (χ0n) is 9.15. The molecule has 2 atom stereocenters. The Kier molecular flexibility index (Phi) is 2.24. The standard InChI is InChI=1S/C11H17N3O/c1-8-4-5-14-10(7-8)12-11(13-14)9-3-2-6-15-9/h8-9H,2-7H2,1H3. The molecule has 1 saturated heterocycles. The van der Waals surface area contributed by atoms with Crippen molar-refractivity contribution in [2.75, 3.05) is 6.61 Å². The Hall–Kier alpha value is -0.900. The zero-order valence-corrected chi connectivity index (χ0v) is 9.15. The molecule has 1 aromatic rings. The second kappa shape index (κ2) is 3.59. The molecule has 4 nitrogen and oxygen atoms in total. The Morgan fingerprint density at radius 3 is 3.13 bits per heavy atom. The van der Waals surface area contributed by atoms with Gasteiger partial charge in [0.05, 0.1) is 0 Å². The van der Waals surface area contributed by atoms with Crippen molar-refractivity contribution < 1.29 is 4.74 Å². The molecule has 15 heavy (non-hydrogen) atoms. The van der Waals surface area contributed by atoms with Gasteiger partial charge in [-0.05, 0) is 25.2 Å². The third-order valence-electron chi connectivity index (χ3n) is 3.35. The van der Waals surface area contributed by atoms with E-state index in [-0.39, 0.29) is 6.10 Å². The first-order valence-corrected chi connectivity index (χ1v) is 5.88. The molecule has 3 rings (SSSR count). The molecule has 0 radical (unpaired) electrons. The molecule has 1 aromatic heterocycles. The third-order valence-corrected chi connectivity index (χ3v) is 3.35. The Labute approximate surface area is 89.6 Å². The lowest BCUT2D eigenvalue weighted by Gasteiger charge is -2.17. The van der Waals surface area contributed by atoms with Gasteiger partial charge in [0.25, 0.3) is 0 Å². The highest BCUT2D eigenvalue weighted by molar-refractivity contribution is 5.00. The van der Waals surface area contributed by atoms with Crippen LogP contribution in [0.5, 0.6) is 0 Å². The van der Waals surface area contributed by atoms with Gasteiger partial charge in [0.15, 0.2) is 5.82 Å². The van der Waals surface area contributed by atoms with Crippen molar-refractivity contribution in [1.82, 2.24) is 14.8 Å². The summed E-state index contributed by atoms with van der Waals surface area (Å²) in [6, 6.07) is 0. The van der Waals surface area contributed by atoms with E-state index in [4.69, 9.17) is 4.74 Å². The number of aromatic nitrogens is 3. The van der Waals surface area contributed by atoms with Gasteiger partial charge in [-0.2, -0.15) is 5.10 Å². The minimum Gasteiger partial charge on any atom is -0.370 e. The molecular formula is C11H17N3O. The maximum absolute atomic E-state index is 5.61. The zero-order chi connectivity index (χ0) is 10.3. The van der Waals surface area contributed by atoms with E-state index in [1.54, 1.807) is 0 Å². The van der Waals surface area contributed by atoms with Gasteiger partial charge in [-0.15, -0.1) is 0 Å². The first-order chi connectivity index (χ1) is 7.33. The summed E-state index contributed by atoms with van der Waals surface area (Å²) in [7, 11) is 0. The highest BCUT2D eigenvalue weighted by Crippen LogP contribution is 2.27. The van der Waals surface area contributed by atoms with Gasteiger partial charge >= 0.3 is 0 Å². The summed E-state index contributed by atoms with van der Waals surface area (Å²) in [6.07, 6.45) is 4.68. The number of fused-ring (bicyclic) bond motifs is 1. The van der Waals surface area contributed by atoms with Crippen molar-refractivity contribution in [3.05, 3.63) is 11.6 Å². The van der Waals surface area contributed by atoms with Gasteiger partial charge in [-0.3, -0.25) is 0 Å². The van der Waals surface area contributed by atoms with E-state index in [0.717, 1.165) is 50.0 Å². The van der Waals surface area contributed by atoms with E-state index >= 15 is 0 Å². The van der Waals surface area contributed by atoms with Gasteiger partial charge in [-0.25, -0.2) is 9.67 Å². The molecule has 82 valence electrons. The summed E-state index contributed by atoms with van der Waals surface area (Å²) in [5.41, 5.74) is 0. The number of ether oxygens (including phenoxy) is 1. The van der Waals surface area contributed by atoms with Crippen LogP contribution in [0.15, 0.2) is 0 Å². The fourth-order valence-electron chi connectivity index (χ4n) is 2.40. The molecule has 2 aliphatic rings. The van der Waals surface area contributed by atoms with Gasteiger partial charge in [0.2, 0.25) is 0 Å². The molecule has 0 spiro atoms. The maximum atomic E-state index is 5.61. The Balaban J connectivity index is 1.85. The molecule has 0 aliphatic carbocycles. The fraction of sp³-hybridized carbons (Fsp3) is 0.818. The predicted octanol–water partition coefficient (Wildman–Crippen LogP) is 1.71. The van der Waals surface area contributed by atoms with Crippen molar-refractivity contribution in [3.8, 4) is 0 Å². The quantitative estimate of drug-likeness (QED) is 0.704. The highest BCUT2D eigenvalue weighted by Gasteiger charge is 2.25. The molecule has 0 N–H and O–H groups in total. The maximum Gasteiger partial charge on any atom is 0.179 e. The summed E-state index contributed by atoms with van der Waals surface area (Å²) in [5, 5.41) is 4.55. The number of nitrogens with zero attached hydrogens (tertiary/aromatic N) is 3. The van der Waals surface area contributed by atoms with Crippen LogP contribution in [0.2, 0.25) is 0 Å². The summed E-state index contributed by atoms with van der Waals surface area (Å²) in [4.78, 5) is 4.61. The van der Waals surface area contributed by atoms with Gasteiger partial charge < -0.3 is 4.74 Å². The highest BCUT2D eigenvalue weighted by atomic mass is 16.5. The molecule has 2 unspecified atom stereocenters. The summed E-state index contributed by atoms with van der Waals surface area (Å²) < 4.78 is 7.67. The van der Waals surface area contributed by atoms with Gasteiger partial charge in [-0.1, -0.05) is 6.92 Å². The Morgan fingerprint density at radius 1 is 1.40 bits per heavy atom.